The molecule has 0 heterocycles. The molecule has 0 bridgehead atoms. The Kier molecular flexibility index (Phi) is 62.5. The summed E-state index contributed by atoms with van der Waals surface area (Å²) in [5, 5.41) is 0. The van der Waals surface area contributed by atoms with Crippen molar-refractivity contribution in [1.29, 1.82) is 0 Å². The lowest BCUT2D eigenvalue weighted by molar-refractivity contribution is -0.167. The summed E-state index contributed by atoms with van der Waals surface area (Å²) in [7, 11) is 0. The van der Waals surface area contributed by atoms with Crippen LogP contribution in [0.5, 0.6) is 0 Å². The first-order valence-electron chi connectivity index (χ1n) is 32.3. The number of ether oxygens (including phenoxy) is 3. The quantitative estimate of drug-likeness (QED) is 0.0261. The molecule has 0 rings (SSSR count). The molecule has 452 valence electrons. The number of allylic oxidation sites excluding steroid dienone is 30. The molecule has 0 spiro atoms. The smallest absolute Gasteiger partial charge is 0.306 e. The Morgan fingerprint density at radius 2 is 0.481 bits per heavy atom. The van der Waals surface area contributed by atoms with E-state index in [2.05, 4.69) is 203 Å². The average Bonchev–Trinajstić information content (AvgIpc) is 3.47. The van der Waals surface area contributed by atoms with Gasteiger partial charge in [0, 0.05) is 19.3 Å². The van der Waals surface area contributed by atoms with Gasteiger partial charge in [0.1, 0.15) is 13.2 Å². The highest BCUT2D eigenvalue weighted by Crippen LogP contribution is 2.13. The summed E-state index contributed by atoms with van der Waals surface area (Å²) in [4.78, 5) is 38.3. The van der Waals surface area contributed by atoms with Gasteiger partial charge in [0.05, 0.1) is 0 Å². The van der Waals surface area contributed by atoms with Crippen LogP contribution >= 0.6 is 0 Å². The Hall–Kier alpha value is -5.49. The van der Waals surface area contributed by atoms with E-state index in [1.54, 1.807) is 0 Å². The molecule has 0 N–H and O–H groups in total. The Bertz CT molecular complexity index is 1900. The number of carbonyl (C=O) groups excluding carboxylic acids is 3. The first-order chi connectivity index (χ1) is 40.0. The van der Waals surface area contributed by atoms with Gasteiger partial charge < -0.3 is 14.2 Å². The van der Waals surface area contributed by atoms with E-state index in [1.165, 1.54) is 25.7 Å². The fraction of sp³-hybridized carbons (Fsp3) is 0.560. The van der Waals surface area contributed by atoms with Gasteiger partial charge in [-0.05, 0) is 161 Å². The fourth-order valence-electron chi connectivity index (χ4n) is 8.10. The zero-order chi connectivity index (χ0) is 58.5. The molecule has 0 aliphatic rings. The van der Waals surface area contributed by atoms with Crippen molar-refractivity contribution in [2.45, 2.75) is 258 Å². The molecule has 81 heavy (non-hydrogen) atoms. The maximum absolute atomic E-state index is 12.9. The highest BCUT2D eigenvalue weighted by molar-refractivity contribution is 5.71. The molecular formula is C75H116O6. The third-order valence-electron chi connectivity index (χ3n) is 12.9. The number of hydrogen-bond acceptors (Lipinski definition) is 6. The minimum Gasteiger partial charge on any atom is -0.462 e. The Morgan fingerprint density at radius 1 is 0.259 bits per heavy atom. The Morgan fingerprint density at radius 3 is 0.778 bits per heavy atom. The second-order valence-corrected chi connectivity index (χ2v) is 20.5. The standard InChI is InChI=1S/C75H116O6/c1-4-7-10-13-16-19-22-25-28-29-30-31-32-33-34-35-36-37-38-39-40-41-42-43-44-45-48-50-53-56-59-62-65-68-74(77)80-71-72(81-75(78)69-66-63-60-57-54-51-47-27-24-21-18-15-12-9-6-3)70-79-73(76)67-64-61-58-55-52-49-46-26-23-20-17-14-11-8-5-2/h7,9-10,12,16-21,25-28,30-31,33-34,36-37,39-40,42-43,45-48,54,57,72H,4-6,8,11,13-15,22-24,29,32,35,38,41,44,49-53,55-56,58-71H2,1-3H3/b10-7-,12-9-,19-16-,20-17-,21-18-,28-25-,31-30-,34-33-,37-36-,40-39-,43-42-,46-26-,47-27-,48-45-,57-54-. The maximum atomic E-state index is 12.9. The molecule has 6 nitrogen and oxygen atoms in total. The first kappa shape index (κ1) is 75.5. The highest BCUT2D eigenvalue weighted by atomic mass is 16.6. The summed E-state index contributed by atoms with van der Waals surface area (Å²) in [6, 6.07) is 0. The predicted octanol–water partition coefficient (Wildman–Crippen LogP) is 22.4. The largest absolute Gasteiger partial charge is 0.462 e. The normalized spacial score (nSPS) is 13.4. The minimum atomic E-state index is -0.825. The summed E-state index contributed by atoms with van der Waals surface area (Å²) in [6.07, 6.45) is 100. The van der Waals surface area contributed by atoms with Gasteiger partial charge in [-0.3, -0.25) is 14.4 Å². The van der Waals surface area contributed by atoms with Crippen LogP contribution < -0.4 is 0 Å². The molecule has 1 atom stereocenters. The van der Waals surface area contributed by atoms with E-state index < -0.39 is 6.10 Å². The molecule has 0 aromatic carbocycles. The number of esters is 3. The molecule has 0 radical (unpaired) electrons. The fourth-order valence-corrected chi connectivity index (χ4v) is 8.10. The van der Waals surface area contributed by atoms with Gasteiger partial charge in [0.15, 0.2) is 6.10 Å². The van der Waals surface area contributed by atoms with Gasteiger partial charge in [-0.25, -0.2) is 0 Å². The summed E-state index contributed by atoms with van der Waals surface area (Å²) >= 11 is 0. The molecule has 0 aromatic heterocycles. The molecule has 0 aliphatic carbocycles. The van der Waals surface area contributed by atoms with Crippen LogP contribution in [0, 0.1) is 0 Å². The Labute approximate surface area is 497 Å². The summed E-state index contributed by atoms with van der Waals surface area (Å²) in [6.45, 7) is 6.31. The van der Waals surface area contributed by atoms with Crippen molar-refractivity contribution in [3.8, 4) is 0 Å². The van der Waals surface area contributed by atoms with Crippen molar-refractivity contribution < 1.29 is 28.6 Å². The van der Waals surface area contributed by atoms with Gasteiger partial charge >= 0.3 is 17.9 Å². The van der Waals surface area contributed by atoms with Gasteiger partial charge in [0.2, 0.25) is 0 Å². The van der Waals surface area contributed by atoms with E-state index in [9.17, 15) is 14.4 Å². The Balaban J connectivity index is 4.41. The molecule has 6 heteroatoms. The van der Waals surface area contributed by atoms with Crippen molar-refractivity contribution in [2.24, 2.45) is 0 Å². The molecule has 0 saturated heterocycles. The molecule has 0 fully saturated rings. The summed E-state index contributed by atoms with van der Waals surface area (Å²) in [5.41, 5.74) is 0. The first-order valence-corrected chi connectivity index (χ1v) is 32.3. The summed E-state index contributed by atoms with van der Waals surface area (Å²) in [5.74, 6) is -0.999. The second-order valence-electron chi connectivity index (χ2n) is 20.5. The number of carbonyl (C=O) groups is 3. The van der Waals surface area contributed by atoms with Crippen molar-refractivity contribution in [3.63, 3.8) is 0 Å². The molecule has 0 aromatic rings. The van der Waals surface area contributed by atoms with Crippen LogP contribution in [0.1, 0.15) is 252 Å². The van der Waals surface area contributed by atoms with E-state index >= 15 is 0 Å². The van der Waals surface area contributed by atoms with Gasteiger partial charge in [0.25, 0.3) is 0 Å². The van der Waals surface area contributed by atoms with Gasteiger partial charge in [-0.1, -0.05) is 254 Å². The number of rotatable bonds is 56. The zero-order valence-electron chi connectivity index (χ0n) is 51.7. The van der Waals surface area contributed by atoms with Crippen LogP contribution in [-0.4, -0.2) is 37.2 Å². The molecule has 1 unspecified atom stereocenters. The maximum Gasteiger partial charge on any atom is 0.306 e. The molecular weight excluding hydrogens is 997 g/mol. The highest BCUT2D eigenvalue weighted by Gasteiger charge is 2.19. The predicted molar refractivity (Wildman–Crippen MR) is 352 cm³/mol. The number of unbranched alkanes of at least 4 members (excludes halogenated alkanes) is 15. The van der Waals surface area contributed by atoms with E-state index in [1.807, 2.05) is 0 Å². The van der Waals surface area contributed by atoms with Crippen molar-refractivity contribution >= 4 is 17.9 Å². The SMILES string of the molecule is CC/C=C\C/C=C\C/C=C\C/C=C\C/C=C\C/C=C\C/C=C\C/C=C\C/C=C\CCCCCCCC(=O)OCC(COC(=O)CCCCCCC/C=C\C/C=C\CCCCC)OC(=O)CCCC/C=C\C/C=C\C/C=C\C/C=C\CC. The minimum absolute atomic E-state index is 0.117. The van der Waals surface area contributed by atoms with Crippen molar-refractivity contribution in [3.05, 3.63) is 182 Å². The summed E-state index contributed by atoms with van der Waals surface area (Å²) < 4.78 is 16.8. The van der Waals surface area contributed by atoms with E-state index in [-0.39, 0.29) is 37.5 Å². The van der Waals surface area contributed by atoms with Crippen molar-refractivity contribution in [1.82, 2.24) is 0 Å². The van der Waals surface area contributed by atoms with Crippen LogP contribution in [0.3, 0.4) is 0 Å². The van der Waals surface area contributed by atoms with Crippen LogP contribution in [-0.2, 0) is 28.6 Å². The topological polar surface area (TPSA) is 78.9 Å². The lowest BCUT2D eigenvalue weighted by atomic mass is 10.1. The van der Waals surface area contributed by atoms with E-state index in [0.29, 0.717) is 19.3 Å². The second kappa shape index (κ2) is 67.0. The average molecular weight is 1110 g/mol. The molecule has 0 amide bonds. The molecule has 0 saturated carbocycles. The number of hydrogen-bond donors (Lipinski definition) is 0. The molecule has 0 aliphatic heterocycles. The van der Waals surface area contributed by atoms with Crippen LogP contribution in [0.15, 0.2) is 182 Å². The van der Waals surface area contributed by atoms with E-state index in [4.69, 9.17) is 14.2 Å². The van der Waals surface area contributed by atoms with Crippen LogP contribution in [0.25, 0.3) is 0 Å². The zero-order valence-corrected chi connectivity index (χ0v) is 51.7. The van der Waals surface area contributed by atoms with Crippen LogP contribution in [0.4, 0.5) is 0 Å². The third kappa shape index (κ3) is 65.2. The van der Waals surface area contributed by atoms with Crippen molar-refractivity contribution in [2.75, 3.05) is 13.2 Å². The lowest BCUT2D eigenvalue weighted by Gasteiger charge is -2.18. The van der Waals surface area contributed by atoms with Gasteiger partial charge in [-0.15, -0.1) is 0 Å². The van der Waals surface area contributed by atoms with Crippen LogP contribution in [0.2, 0.25) is 0 Å². The van der Waals surface area contributed by atoms with E-state index in [0.717, 1.165) is 180 Å². The van der Waals surface area contributed by atoms with Gasteiger partial charge in [-0.2, -0.15) is 0 Å². The monoisotopic (exact) mass is 1110 g/mol. The third-order valence-corrected chi connectivity index (χ3v) is 12.9. The lowest BCUT2D eigenvalue weighted by Crippen LogP contribution is -2.30.